The molecule has 222 valence electrons. The highest BCUT2D eigenvalue weighted by Gasteiger charge is 2.37. The molecule has 3 unspecified atom stereocenters. The molecule has 0 bridgehead atoms. The van der Waals surface area contributed by atoms with E-state index in [4.69, 9.17) is 19.4 Å². The van der Waals surface area contributed by atoms with Gasteiger partial charge < -0.3 is 19.3 Å². The molecule has 2 fully saturated rings. The van der Waals surface area contributed by atoms with Gasteiger partial charge in [0.2, 0.25) is 0 Å². The molecule has 6 nitrogen and oxygen atoms in total. The lowest BCUT2D eigenvalue weighted by Crippen LogP contribution is -2.31. The standard InChI is InChI=1S/C34H54N4O2/c1-22(2)30-15-13-29(32(35-30)20-37(5)6)25-16-26(34(18-25)40-9)19-38(7)21-33-28(12-14-31(36-33)23(3)4)24-10-11-27(17-24)39-8/h12-15,22-27,34H,10-11,16-21H2,1-9H3/t24?,25-,26?,27?,34+/m0/s1. The van der Waals surface area contributed by atoms with Crippen LogP contribution in [-0.2, 0) is 22.6 Å². The summed E-state index contributed by atoms with van der Waals surface area (Å²) < 4.78 is 11.8. The molecule has 40 heavy (non-hydrogen) atoms. The SMILES string of the molecule is COC1CCC(c2ccc(C(C)C)nc2CN(C)CC2C[C@H](c3ccc(C(C)C)nc3CN(C)C)C[C@H]2OC)C1. The van der Waals surface area contributed by atoms with Crippen molar-refractivity contribution in [3.63, 3.8) is 0 Å². The first kappa shape index (κ1) is 31.1. The Kier molecular flexibility index (Phi) is 10.8. The molecule has 0 aliphatic heterocycles. The van der Waals surface area contributed by atoms with Gasteiger partial charge in [0, 0.05) is 45.2 Å². The van der Waals surface area contributed by atoms with Crippen LogP contribution in [0.2, 0.25) is 0 Å². The second-order valence-electron chi connectivity index (χ2n) is 13.4. The van der Waals surface area contributed by atoms with Crippen molar-refractivity contribution in [2.75, 3.05) is 41.9 Å². The van der Waals surface area contributed by atoms with Crippen LogP contribution in [0.1, 0.15) is 117 Å². The topological polar surface area (TPSA) is 50.7 Å². The molecule has 2 aromatic rings. The minimum atomic E-state index is 0.260. The van der Waals surface area contributed by atoms with Crippen molar-refractivity contribution >= 4 is 0 Å². The van der Waals surface area contributed by atoms with E-state index in [1.807, 2.05) is 14.2 Å². The number of aromatic nitrogens is 2. The van der Waals surface area contributed by atoms with E-state index in [2.05, 4.69) is 82.9 Å². The zero-order valence-corrected chi connectivity index (χ0v) is 26.6. The van der Waals surface area contributed by atoms with Gasteiger partial charge in [-0.2, -0.15) is 0 Å². The van der Waals surface area contributed by atoms with Gasteiger partial charge in [0.1, 0.15) is 0 Å². The fourth-order valence-corrected chi connectivity index (χ4v) is 6.98. The molecule has 0 N–H and O–H groups in total. The average molecular weight is 551 g/mol. The zero-order chi connectivity index (χ0) is 29.0. The van der Waals surface area contributed by atoms with E-state index in [0.29, 0.717) is 35.7 Å². The van der Waals surface area contributed by atoms with Crippen LogP contribution in [0.4, 0.5) is 0 Å². The molecule has 0 spiro atoms. The lowest BCUT2D eigenvalue weighted by atomic mass is 9.93. The van der Waals surface area contributed by atoms with Crippen molar-refractivity contribution in [3.05, 3.63) is 58.2 Å². The maximum atomic E-state index is 6.10. The summed E-state index contributed by atoms with van der Waals surface area (Å²) in [7, 11) is 10.3. The highest BCUT2D eigenvalue weighted by molar-refractivity contribution is 5.31. The van der Waals surface area contributed by atoms with Gasteiger partial charge in [0.15, 0.2) is 0 Å². The number of pyridine rings is 2. The predicted octanol–water partition coefficient (Wildman–Crippen LogP) is 6.71. The third-order valence-corrected chi connectivity index (χ3v) is 9.21. The lowest BCUT2D eigenvalue weighted by molar-refractivity contribution is 0.0566. The molecular formula is C34H54N4O2. The van der Waals surface area contributed by atoms with Gasteiger partial charge in [-0.25, -0.2) is 0 Å². The van der Waals surface area contributed by atoms with E-state index >= 15 is 0 Å². The summed E-state index contributed by atoms with van der Waals surface area (Å²) in [5, 5.41) is 0. The first-order chi connectivity index (χ1) is 19.1. The van der Waals surface area contributed by atoms with E-state index in [1.165, 1.54) is 40.3 Å². The molecular weight excluding hydrogens is 496 g/mol. The lowest BCUT2D eigenvalue weighted by Gasteiger charge is -2.26. The Morgan fingerprint density at radius 2 is 1.35 bits per heavy atom. The Balaban J connectivity index is 1.50. The number of ether oxygens (including phenoxy) is 2. The molecule has 2 saturated carbocycles. The second kappa shape index (κ2) is 13.9. The highest BCUT2D eigenvalue weighted by atomic mass is 16.5. The highest BCUT2D eigenvalue weighted by Crippen LogP contribution is 2.42. The maximum Gasteiger partial charge on any atom is 0.0617 e. The van der Waals surface area contributed by atoms with Crippen LogP contribution in [0.5, 0.6) is 0 Å². The molecule has 0 amide bonds. The second-order valence-corrected chi connectivity index (χ2v) is 13.4. The zero-order valence-electron chi connectivity index (χ0n) is 26.6. The summed E-state index contributed by atoms with van der Waals surface area (Å²) in [6.45, 7) is 11.7. The van der Waals surface area contributed by atoms with Gasteiger partial charge in [-0.3, -0.25) is 9.97 Å². The molecule has 5 atom stereocenters. The van der Waals surface area contributed by atoms with Gasteiger partial charge in [-0.05, 0) is 106 Å². The Morgan fingerprint density at radius 3 is 1.88 bits per heavy atom. The van der Waals surface area contributed by atoms with Crippen molar-refractivity contribution in [2.24, 2.45) is 5.92 Å². The Labute approximate surface area is 243 Å². The molecule has 2 heterocycles. The van der Waals surface area contributed by atoms with E-state index < -0.39 is 0 Å². The van der Waals surface area contributed by atoms with Crippen LogP contribution < -0.4 is 0 Å². The third-order valence-electron chi connectivity index (χ3n) is 9.21. The minimum Gasteiger partial charge on any atom is -0.381 e. The summed E-state index contributed by atoms with van der Waals surface area (Å²) in [5.41, 5.74) is 7.69. The predicted molar refractivity (Wildman–Crippen MR) is 164 cm³/mol. The number of nitrogens with zero attached hydrogens (tertiary/aromatic N) is 4. The van der Waals surface area contributed by atoms with Crippen LogP contribution >= 0.6 is 0 Å². The molecule has 4 rings (SSSR count). The van der Waals surface area contributed by atoms with Crippen LogP contribution in [0, 0.1) is 5.92 Å². The first-order valence-corrected chi connectivity index (χ1v) is 15.5. The summed E-state index contributed by atoms with van der Waals surface area (Å²) >= 11 is 0. The Bertz CT molecular complexity index is 1100. The molecule has 0 saturated heterocycles. The van der Waals surface area contributed by atoms with Crippen molar-refractivity contribution in [2.45, 2.75) is 109 Å². The van der Waals surface area contributed by atoms with Crippen LogP contribution in [0.25, 0.3) is 0 Å². The number of hydrogen-bond acceptors (Lipinski definition) is 6. The molecule has 6 heteroatoms. The third kappa shape index (κ3) is 7.50. The van der Waals surface area contributed by atoms with Crippen molar-refractivity contribution in [3.8, 4) is 0 Å². The van der Waals surface area contributed by atoms with Gasteiger partial charge in [0.05, 0.1) is 23.6 Å². The van der Waals surface area contributed by atoms with Crippen molar-refractivity contribution in [1.82, 2.24) is 19.8 Å². The number of hydrogen-bond donors (Lipinski definition) is 0. The fraction of sp³-hybridized carbons (Fsp3) is 0.706. The van der Waals surface area contributed by atoms with Gasteiger partial charge in [-0.15, -0.1) is 0 Å². The normalized spacial score (nSPS) is 25.3. The molecule has 0 aromatic carbocycles. The van der Waals surface area contributed by atoms with Crippen LogP contribution in [0.15, 0.2) is 24.3 Å². The number of rotatable bonds is 12. The van der Waals surface area contributed by atoms with Crippen molar-refractivity contribution in [1.29, 1.82) is 0 Å². The first-order valence-electron chi connectivity index (χ1n) is 15.5. The van der Waals surface area contributed by atoms with Gasteiger partial charge in [-0.1, -0.05) is 39.8 Å². The van der Waals surface area contributed by atoms with E-state index in [0.717, 1.165) is 45.3 Å². The molecule has 2 aliphatic rings. The summed E-state index contributed by atoms with van der Waals surface area (Å²) in [4.78, 5) is 15.1. The Morgan fingerprint density at radius 1 is 0.750 bits per heavy atom. The molecule has 2 aliphatic carbocycles. The Hall–Kier alpha value is -1.86. The smallest absolute Gasteiger partial charge is 0.0617 e. The van der Waals surface area contributed by atoms with Crippen molar-refractivity contribution < 1.29 is 9.47 Å². The molecule has 0 radical (unpaired) electrons. The monoisotopic (exact) mass is 550 g/mol. The van der Waals surface area contributed by atoms with Gasteiger partial charge in [0.25, 0.3) is 0 Å². The minimum absolute atomic E-state index is 0.260. The number of methoxy groups -OCH3 is 2. The summed E-state index contributed by atoms with van der Waals surface area (Å²) in [6, 6.07) is 9.20. The van der Waals surface area contributed by atoms with E-state index in [1.54, 1.807) is 0 Å². The summed E-state index contributed by atoms with van der Waals surface area (Å²) in [5.74, 6) is 2.37. The average Bonchev–Trinajstić information content (AvgIpc) is 3.55. The maximum absolute atomic E-state index is 6.10. The summed E-state index contributed by atoms with van der Waals surface area (Å²) in [6.07, 6.45) is 6.26. The quantitative estimate of drug-likeness (QED) is 0.293. The van der Waals surface area contributed by atoms with Crippen LogP contribution in [-0.4, -0.2) is 73.9 Å². The van der Waals surface area contributed by atoms with Crippen LogP contribution in [0.3, 0.4) is 0 Å². The largest absolute Gasteiger partial charge is 0.381 e. The van der Waals surface area contributed by atoms with E-state index in [-0.39, 0.29) is 6.10 Å². The molecule has 2 aromatic heterocycles. The van der Waals surface area contributed by atoms with Gasteiger partial charge >= 0.3 is 0 Å². The van der Waals surface area contributed by atoms with E-state index in [9.17, 15) is 0 Å². The fourth-order valence-electron chi connectivity index (χ4n) is 6.98.